The molecule has 0 atom stereocenters. The lowest BCUT2D eigenvalue weighted by atomic mass is 10.1. The van der Waals surface area contributed by atoms with Crippen molar-refractivity contribution >= 4 is 11.6 Å². The Labute approximate surface area is 79.3 Å². The summed E-state index contributed by atoms with van der Waals surface area (Å²) in [4.78, 5) is 0. The molecule has 1 heterocycles. The summed E-state index contributed by atoms with van der Waals surface area (Å²) < 4.78 is 29.9. The second-order valence-electron chi connectivity index (χ2n) is 2.99. The van der Waals surface area contributed by atoms with E-state index in [9.17, 15) is 8.78 Å². The van der Waals surface area contributed by atoms with E-state index in [1.54, 1.807) is 18.2 Å². The number of hydrogen-bond acceptors (Lipinski definition) is 1. The fourth-order valence-corrected chi connectivity index (χ4v) is 1.51. The van der Waals surface area contributed by atoms with Gasteiger partial charge in [0.25, 0.3) is 0 Å². The van der Waals surface area contributed by atoms with E-state index in [2.05, 4.69) is 4.74 Å². The largest absolute Gasteiger partial charge is 0.432 e. The van der Waals surface area contributed by atoms with Crippen molar-refractivity contribution < 1.29 is 13.5 Å². The molecule has 0 amide bonds. The summed E-state index contributed by atoms with van der Waals surface area (Å²) in [5.41, 5.74) is 1.33. The van der Waals surface area contributed by atoms with Gasteiger partial charge >= 0.3 is 6.11 Å². The van der Waals surface area contributed by atoms with Crippen LogP contribution in [0.5, 0.6) is 5.75 Å². The van der Waals surface area contributed by atoms with Crippen LogP contribution >= 0.6 is 11.6 Å². The van der Waals surface area contributed by atoms with Crippen molar-refractivity contribution in [2.24, 2.45) is 0 Å². The molecule has 0 N–H and O–H groups in total. The van der Waals surface area contributed by atoms with Gasteiger partial charge in [-0.1, -0.05) is 12.1 Å². The van der Waals surface area contributed by atoms with E-state index in [0.717, 1.165) is 5.56 Å². The minimum Gasteiger partial charge on any atom is -0.432 e. The summed E-state index contributed by atoms with van der Waals surface area (Å²) in [7, 11) is 0. The van der Waals surface area contributed by atoms with E-state index in [0.29, 0.717) is 11.4 Å². The van der Waals surface area contributed by atoms with E-state index >= 15 is 0 Å². The van der Waals surface area contributed by atoms with Crippen LogP contribution in [0.1, 0.15) is 11.1 Å². The number of halogens is 3. The van der Waals surface area contributed by atoms with Gasteiger partial charge in [0.05, 0.1) is 6.42 Å². The molecule has 0 aliphatic carbocycles. The molecule has 0 bridgehead atoms. The third-order valence-electron chi connectivity index (χ3n) is 1.94. The quantitative estimate of drug-likeness (QED) is 0.639. The lowest BCUT2D eigenvalue weighted by Crippen LogP contribution is -2.20. The average molecular weight is 205 g/mol. The van der Waals surface area contributed by atoms with Crippen LogP contribution in [-0.2, 0) is 12.3 Å². The van der Waals surface area contributed by atoms with Crippen LogP contribution in [0, 0.1) is 0 Å². The maximum atomic E-state index is 12.7. The number of rotatable bonds is 1. The molecular weight excluding hydrogens is 198 g/mol. The number of fused-ring (bicyclic) bond motifs is 1. The fraction of sp³-hybridized carbons (Fsp3) is 0.333. The lowest BCUT2D eigenvalue weighted by Gasteiger charge is -2.07. The van der Waals surface area contributed by atoms with Gasteiger partial charge in [0.1, 0.15) is 5.75 Å². The third kappa shape index (κ3) is 1.61. The predicted octanol–water partition coefficient (Wildman–Crippen LogP) is 2.95. The van der Waals surface area contributed by atoms with Crippen LogP contribution in [0.25, 0.3) is 0 Å². The van der Waals surface area contributed by atoms with Gasteiger partial charge in [-0.3, -0.25) is 0 Å². The second kappa shape index (κ2) is 2.84. The van der Waals surface area contributed by atoms with Crippen LogP contribution in [0.2, 0.25) is 0 Å². The van der Waals surface area contributed by atoms with Crippen LogP contribution in [0.15, 0.2) is 18.2 Å². The molecular formula is C9H7ClF2O. The monoisotopic (exact) mass is 204 g/mol. The van der Waals surface area contributed by atoms with E-state index in [1.165, 1.54) is 0 Å². The van der Waals surface area contributed by atoms with E-state index < -0.39 is 6.11 Å². The summed E-state index contributed by atoms with van der Waals surface area (Å²) in [5, 5.41) is 0. The predicted molar refractivity (Wildman–Crippen MR) is 45.3 cm³/mol. The zero-order chi connectivity index (χ0) is 9.47. The molecule has 0 saturated heterocycles. The van der Waals surface area contributed by atoms with Crippen LogP contribution in [0.3, 0.4) is 0 Å². The van der Waals surface area contributed by atoms with Gasteiger partial charge in [0, 0.05) is 11.4 Å². The van der Waals surface area contributed by atoms with Crippen LogP contribution < -0.4 is 4.74 Å². The minimum absolute atomic E-state index is 0.253. The number of ether oxygens (including phenoxy) is 1. The standard InChI is InChI=1S/C9H7ClF2O/c10-5-6-1-2-7-4-9(11,12)13-8(7)3-6/h1-3H,4-5H2. The van der Waals surface area contributed by atoms with Crippen molar-refractivity contribution in [3.8, 4) is 5.75 Å². The van der Waals surface area contributed by atoms with Gasteiger partial charge in [-0.05, 0) is 11.6 Å². The minimum atomic E-state index is -3.05. The molecule has 0 unspecified atom stereocenters. The summed E-state index contributed by atoms with van der Waals surface area (Å²) in [6.07, 6.45) is -3.39. The highest BCUT2D eigenvalue weighted by molar-refractivity contribution is 6.17. The smallest absolute Gasteiger partial charge is 0.402 e. The highest BCUT2D eigenvalue weighted by Crippen LogP contribution is 2.37. The average Bonchev–Trinajstić information content (AvgIpc) is 2.36. The Morgan fingerprint density at radius 3 is 2.92 bits per heavy atom. The number of benzene rings is 1. The first-order valence-corrected chi connectivity index (χ1v) is 4.39. The van der Waals surface area contributed by atoms with Crippen LogP contribution in [0.4, 0.5) is 8.78 Å². The molecule has 13 heavy (non-hydrogen) atoms. The van der Waals surface area contributed by atoms with E-state index in [1.807, 2.05) is 0 Å². The topological polar surface area (TPSA) is 9.23 Å². The molecule has 4 heteroatoms. The van der Waals surface area contributed by atoms with E-state index in [4.69, 9.17) is 11.6 Å². The first-order valence-electron chi connectivity index (χ1n) is 3.85. The van der Waals surface area contributed by atoms with Gasteiger partial charge in [-0.2, -0.15) is 8.78 Å². The zero-order valence-electron chi connectivity index (χ0n) is 6.69. The van der Waals surface area contributed by atoms with Gasteiger partial charge in [0.2, 0.25) is 0 Å². The SMILES string of the molecule is FC1(F)Cc2ccc(CCl)cc2O1. The Bertz CT molecular complexity index is 338. The molecule has 1 aromatic carbocycles. The fourth-order valence-electron chi connectivity index (χ4n) is 1.34. The highest BCUT2D eigenvalue weighted by Gasteiger charge is 2.39. The molecule has 0 saturated carbocycles. The molecule has 1 aliphatic heterocycles. The molecule has 2 rings (SSSR count). The van der Waals surface area contributed by atoms with Gasteiger partial charge < -0.3 is 4.74 Å². The molecule has 1 nitrogen and oxygen atoms in total. The molecule has 1 aromatic rings. The Morgan fingerprint density at radius 1 is 1.46 bits per heavy atom. The third-order valence-corrected chi connectivity index (χ3v) is 2.25. The first kappa shape index (κ1) is 8.75. The van der Waals surface area contributed by atoms with Gasteiger partial charge in [-0.25, -0.2) is 0 Å². The lowest BCUT2D eigenvalue weighted by molar-refractivity contribution is -0.159. The molecule has 0 fully saturated rings. The van der Waals surface area contributed by atoms with Crippen molar-refractivity contribution in [2.75, 3.05) is 0 Å². The Morgan fingerprint density at radius 2 is 2.23 bits per heavy atom. The maximum Gasteiger partial charge on any atom is 0.402 e. The van der Waals surface area contributed by atoms with Crippen LogP contribution in [-0.4, -0.2) is 6.11 Å². The maximum absolute atomic E-state index is 12.7. The van der Waals surface area contributed by atoms with Crippen molar-refractivity contribution in [3.63, 3.8) is 0 Å². The molecule has 0 radical (unpaired) electrons. The molecule has 0 spiro atoms. The first-order chi connectivity index (χ1) is 6.11. The number of hydrogen-bond donors (Lipinski definition) is 0. The van der Waals surface area contributed by atoms with Crippen molar-refractivity contribution in [1.82, 2.24) is 0 Å². The summed E-state index contributed by atoms with van der Waals surface area (Å²) in [5.74, 6) is 0.561. The summed E-state index contributed by atoms with van der Waals surface area (Å²) in [6, 6.07) is 4.92. The Balaban J connectivity index is 2.36. The zero-order valence-corrected chi connectivity index (χ0v) is 7.44. The van der Waals surface area contributed by atoms with Gasteiger partial charge in [-0.15, -0.1) is 11.6 Å². The molecule has 1 aliphatic rings. The van der Waals surface area contributed by atoms with Crippen molar-refractivity contribution in [1.29, 1.82) is 0 Å². The highest BCUT2D eigenvalue weighted by atomic mass is 35.5. The van der Waals surface area contributed by atoms with Crippen molar-refractivity contribution in [2.45, 2.75) is 18.4 Å². The second-order valence-corrected chi connectivity index (χ2v) is 3.26. The van der Waals surface area contributed by atoms with Gasteiger partial charge in [0.15, 0.2) is 0 Å². The number of alkyl halides is 3. The normalized spacial score (nSPS) is 18.1. The summed E-state index contributed by atoms with van der Waals surface area (Å²) in [6.45, 7) is 0. The Hall–Kier alpha value is -0.830. The van der Waals surface area contributed by atoms with E-state index in [-0.39, 0.29) is 12.2 Å². The van der Waals surface area contributed by atoms with Crippen molar-refractivity contribution in [3.05, 3.63) is 29.3 Å². The molecule has 0 aromatic heterocycles. The molecule has 70 valence electrons. The summed E-state index contributed by atoms with van der Waals surface area (Å²) >= 11 is 5.56. The Kier molecular flexibility index (Phi) is 1.91.